The summed E-state index contributed by atoms with van der Waals surface area (Å²) in [6, 6.07) is 7.42. The molecule has 0 saturated heterocycles. The summed E-state index contributed by atoms with van der Waals surface area (Å²) in [5.74, 6) is -1.44. The van der Waals surface area contributed by atoms with Gasteiger partial charge in [-0.1, -0.05) is 30.1 Å². The summed E-state index contributed by atoms with van der Waals surface area (Å²) in [5, 5.41) is 9.72. The van der Waals surface area contributed by atoms with Crippen molar-refractivity contribution in [3.63, 3.8) is 0 Å². The van der Waals surface area contributed by atoms with Crippen LogP contribution < -0.4 is 9.47 Å². The van der Waals surface area contributed by atoms with Crippen LogP contribution in [0.25, 0.3) is 6.08 Å². The second kappa shape index (κ2) is 7.56. The van der Waals surface area contributed by atoms with E-state index in [-0.39, 0.29) is 22.1 Å². The van der Waals surface area contributed by atoms with Crippen molar-refractivity contribution >= 4 is 35.2 Å². The second-order valence-corrected chi connectivity index (χ2v) is 6.79. The monoisotopic (exact) mass is 432 g/mol. The highest BCUT2D eigenvalue weighted by molar-refractivity contribution is 6.32. The zero-order chi connectivity index (χ0) is 20.6. The molecule has 0 spiro atoms. The molecular formula is C19H13Cl2F3O4. The number of aryl methyl sites for hydroxylation is 1. The fourth-order valence-electron chi connectivity index (χ4n) is 2.71. The number of hydrogen-bond acceptors (Lipinski definition) is 3. The van der Waals surface area contributed by atoms with Crippen LogP contribution in [0.1, 0.15) is 18.1 Å². The van der Waals surface area contributed by atoms with Gasteiger partial charge in [0.1, 0.15) is 17.2 Å². The molecule has 0 radical (unpaired) electrons. The largest absolute Gasteiger partial charge is 0.478 e. The predicted molar refractivity (Wildman–Crippen MR) is 98.4 cm³/mol. The van der Waals surface area contributed by atoms with Gasteiger partial charge >= 0.3 is 12.1 Å². The zero-order valence-electron chi connectivity index (χ0n) is 14.3. The van der Waals surface area contributed by atoms with Gasteiger partial charge in [-0.15, -0.1) is 0 Å². The molecule has 9 heteroatoms. The van der Waals surface area contributed by atoms with E-state index in [1.807, 2.05) is 6.92 Å². The van der Waals surface area contributed by atoms with Crippen LogP contribution in [0.4, 0.5) is 13.2 Å². The molecular weight excluding hydrogens is 420 g/mol. The van der Waals surface area contributed by atoms with E-state index in [0.29, 0.717) is 17.2 Å². The van der Waals surface area contributed by atoms with E-state index < -0.39 is 23.8 Å². The summed E-state index contributed by atoms with van der Waals surface area (Å²) < 4.78 is 50.2. The van der Waals surface area contributed by atoms with Crippen LogP contribution in [0.5, 0.6) is 17.2 Å². The van der Waals surface area contributed by atoms with Gasteiger partial charge in [0.15, 0.2) is 0 Å². The number of carbonyl (C=O) groups is 1. The Labute approximate surface area is 168 Å². The van der Waals surface area contributed by atoms with E-state index in [2.05, 4.69) is 0 Å². The Morgan fingerprint density at radius 2 is 1.93 bits per heavy atom. The lowest BCUT2D eigenvalue weighted by atomic mass is 10.0. The van der Waals surface area contributed by atoms with Gasteiger partial charge < -0.3 is 14.6 Å². The molecule has 1 heterocycles. The third kappa shape index (κ3) is 4.05. The van der Waals surface area contributed by atoms with E-state index in [9.17, 15) is 18.0 Å². The summed E-state index contributed by atoms with van der Waals surface area (Å²) in [5.41, 5.74) is 0.0197. The summed E-state index contributed by atoms with van der Waals surface area (Å²) in [6.07, 6.45) is -5.93. The standard InChI is InChI=1S/C19H13Cl2F3O4/c1-2-9-5-11(3-4-13(9)20)27-16-8-15-10(7-14(16)21)6-12(18(25)26)17(28-15)19(22,23)24/h3-8,17H,2H2,1H3,(H,25,26). The number of fused-ring (bicyclic) bond motifs is 1. The van der Waals surface area contributed by atoms with Crippen molar-refractivity contribution in [3.05, 3.63) is 57.1 Å². The average molecular weight is 433 g/mol. The molecule has 1 aliphatic rings. The Balaban J connectivity index is 2.00. The maximum Gasteiger partial charge on any atom is 0.430 e. The molecule has 1 aliphatic heterocycles. The topological polar surface area (TPSA) is 55.8 Å². The number of halogens is 5. The smallest absolute Gasteiger partial charge is 0.430 e. The van der Waals surface area contributed by atoms with Crippen LogP contribution in [0, 0.1) is 0 Å². The van der Waals surface area contributed by atoms with E-state index in [0.717, 1.165) is 11.6 Å². The average Bonchev–Trinajstić information content (AvgIpc) is 2.62. The summed E-state index contributed by atoms with van der Waals surface area (Å²) in [4.78, 5) is 11.2. The van der Waals surface area contributed by atoms with Gasteiger partial charge in [0.2, 0.25) is 6.10 Å². The van der Waals surface area contributed by atoms with E-state index in [4.69, 9.17) is 37.8 Å². The molecule has 0 saturated carbocycles. The van der Waals surface area contributed by atoms with Gasteiger partial charge in [0, 0.05) is 16.7 Å². The van der Waals surface area contributed by atoms with E-state index >= 15 is 0 Å². The second-order valence-electron chi connectivity index (χ2n) is 5.97. The SMILES string of the molecule is CCc1cc(Oc2cc3c(cc2Cl)C=C(C(=O)O)C(C(F)(F)F)O3)ccc1Cl. The summed E-state index contributed by atoms with van der Waals surface area (Å²) in [6.45, 7) is 1.91. The molecule has 28 heavy (non-hydrogen) atoms. The molecule has 2 aromatic carbocycles. The molecule has 0 fully saturated rings. The number of carboxylic acids is 1. The Hall–Kier alpha value is -2.38. The van der Waals surface area contributed by atoms with Crippen LogP contribution in [0.2, 0.25) is 10.0 Å². The van der Waals surface area contributed by atoms with E-state index in [1.54, 1.807) is 18.2 Å². The molecule has 0 amide bonds. The normalized spacial score (nSPS) is 16.1. The van der Waals surface area contributed by atoms with Gasteiger partial charge in [0.25, 0.3) is 0 Å². The molecule has 2 aromatic rings. The molecule has 4 nitrogen and oxygen atoms in total. The maximum atomic E-state index is 13.2. The van der Waals surface area contributed by atoms with Crippen molar-refractivity contribution in [1.29, 1.82) is 0 Å². The number of rotatable bonds is 4. The van der Waals surface area contributed by atoms with Gasteiger partial charge in [-0.3, -0.25) is 0 Å². The number of aliphatic carboxylic acids is 1. The van der Waals surface area contributed by atoms with Gasteiger partial charge in [-0.05, 0) is 42.3 Å². The van der Waals surface area contributed by atoms with E-state index in [1.165, 1.54) is 12.1 Å². The Morgan fingerprint density at radius 3 is 2.54 bits per heavy atom. The van der Waals surface area contributed by atoms with Crippen molar-refractivity contribution in [1.82, 2.24) is 0 Å². The van der Waals surface area contributed by atoms with Crippen LogP contribution in [-0.4, -0.2) is 23.4 Å². The minimum absolute atomic E-state index is 0.0675. The van der Waals surface area contributed by atoms with Crippen molar-refractivity contribution in [3.8, 4) is 17.2 Å². The van der Waals surface area contributed by atoms with Crippen LogP contribution >= 0.6 is 23.2 Å². The first-order chi connectivity index (χ1) is 13.1. The lowest BCUT2D eigenvalue weighted by Gasteiger charge is -2.27. The molecule has 3 rings (SSSR count). The van der Waals surface area contributed by atoms with Crippen LogP contribution in [-0.2, 0) is 11.2 Å². The van der Waals surface area contributed by atoms with Crippen LogP contribution in [0.3, 0.4) is 0 Å². The first kappa shape index (κ1) is 20.4. The highest BCUT2D eigenvalue weighted by Crippen LogP contribution is 2.42. The minimum Gasteiger partial charge on any atom is -0.478 e. The lowest BCUT2D eigenvalue weighted by Crippen LogP contribution is -2.40. The molecule has 1 atom stereocenters. The Bertz CT molecular complexity index is 970. The van der Waals surface area contributed by atoms with Crippen molar-refractivity contribution in [2.75, 3.05) is 0 Å². The highest BCUT2D eigenvalue weighted by atomic mass is 35.5. The molecule has 148 valence electrons. The van der Waals surface area contributed by atoms with Crippen molar-refractivity contribution < 1.29 is 32.5 Å². The first-order valence-corrected chi connectivity index (χ1v) is 8.83. The molecule has 0 aromatic heterocycles. The molecule has 0 bridgehead atoms. The minimum atomic E-state index is -4.89. The van der Waals surface area contributed by atoms with Crippen LogP contribution in [0.15, 0.2) is 35.9 Å². The third-order valence-corrected chi connectivity index (χ3v) is 4.74. The zero-order valence-corrected chi connectivity index (χ0v) is 15.8. The Kier molecular flexibility index (Phi) is 5.50. The number of alkyl halides is 3. The third-order valence-electron chi connectivity index (χ3n) is 4.07. The predicted octanol–water partition coefficient (Wildman–Crippen LogP) is 6.14. The number of hydrogen-bond donors (Lipinski definition) is 1. The number of carboxylic acid groups (broad SMARTS) is 1. The highest BCUT2D eigenvalue weighted by Gasteiger charge is 2.48. The van der Waals surface area contributed by atoms with Gasteiger partial charge in [-0.2, -0.15) is 13.2 Å². The lowest BCUT2D eigenvalue weighted by molar-refractivity contribution is -0.187. The molecule has 1 unspecified atom stereocenters. The Morgan fingerprint density at radius 1 is 1.21 bits per heavy atom. The van der Waals surface area contributed by atoms with Crippen molar-refractivity contribution in [2.45, 2.75) is 25.6 Å². The van der Waals surface area contributed by atoms with Gasteiger partial charge in [0.05, 0.1) is 10.6 Å². The summed E-state index contributed by atoms with van der Waals surface area (Å²) >= 11 is 12.2. The summed E-state index contributed by atoms with van der Waals surface area (Å²) in [7, 11) is 0. The number of ether oxygens (including phenoxy) is 2. The molecule has 0 aliphatic carbocycles. The maximum absolute atomic E-state index is 13.2. The van der Waals surface area contributed by atoms with Crippen molar-refractivity contribution in [2.24, 2.45) is 0 Å². The number of benzene rings is 2. The van der Waals surface area contributed by atoms with Gasteiger partial charge in [-0.25, -0.2) is 4.79 Å². The molecule has 1 N–H and O–H groups in total. The first-order valence-electron chi connectivity index (χ1n) is 8.08. The fraction of sp³-hybridized carbons (Fsp3) is 0.211. The quantitative estimate of drug-likeness (QED) is 0.630. The fourth-order valence-corrected chi connectivity index (χ4v) is 3.17.